The second-order valence-electron chi connectivity index (χ2n) is 7.91. The highest BCUT2D eigenvalue weighted by Gasteiger charge is 2.32. The Morgan fingerprint density at radius 2 is 1.34 bits per heavy atom. The van der Waals surface area contributed by atoms with Crippen LogP contribution in [0.3, 0.4) is 0 Å². The van der Waals surface area contributed by atoms with Crippen LogP contribution >= 0.6 is 23.2 Å². The molecule has 0 saturated carbocycles. The molecule has 0 unspecified atom stereocenters. The van der Waals surface area contributed by atoms with Crippen molar-refractivity contribution in [3.8, 4) is 5.75 Å². The van der Waals surface area contributed by atoms with Gasteiger partial charge >= 0.3 is 0 Å². The molecule has 0 heterocycles. The van der Waals surface area contributed by atoms with Crippen molar-refractivity contribution in [3.63, 3.8) is 0 Å². The Bertz CT molecular complexity index is 1650. The van der Waals surface area contributed by atoms with Gasteiger partial charge in [-0.2, -0.15) is 0 Å². The van der Waals surface area contributed by atoms with Crippen LogP contribution < -0.4 is 9.44 Å². The van der Waals surface area contributed by atoms with Crippen LogP contribution in [-0.4, -0.2) is 21.9 Å². The molecule has 0 aliphatic heterocycles. The van der Waals surface area contributed by atoms with E-state index in [4.69, 9.17) is 28.3 Å². The number of hydrogen-bond acceptors (Lipinski definition) is 5. The number of hydrogen-bond donors (Lipinski definition) is 2. The number of aromatic hydroxyl groups is 1. The predicted octanol–water partition coefficient (Wildman–Crippen LogP) is 5.64. The molecule has 0 amide bonds. The molecule has 0 atom stereocenters. The van der Waals surface area contributed by atoms with E-state index >= 15 is 0 Å². The van der Waals surface area contributed by atoms with Crippen molar-refractivity contribution in [2.45, 2.75) is 23.6 Å². The zero-order valence-electron chi connectivity index (χ0n) is 18.5. The molecule has 0 radical (unpaired) electrons. The molecule has 0 aliphatic carbocycles. The van der Waals surface area contributed by atoms with E-state index in [0.717, 1.165) is 10.4 Å². The van der Waals surface area contributed by atoms with Gasteiger partial charge in [0, 0.05) is 15.4 Å². The average molecular weight is 551 g/mol. The molecule has 11 heteroatoms. The van der Waals surface area contributed by atoms with Gasteiger partial charge in [0.2, 0.25) is 10.0 Å². The molecular weight excluding hydrogens is 531 g/mol. The van der Waals surface area contributed by atoms with E-state index in [-0.39, 0.29) is 37.7 Å². The van der Waals surface area contributed by atoms with Gasteiger partial charge in [-0.1, -0.05) is 41.4 Å². The highest BCUT2D eigenvalue weighted by molar-refractivity contribution is 7.93. The van der Waals surface area contributed by atoms with Crippen molar-refractivity contribution in [2.75, 3.05) is 4.31 Å². The fraction of sp³-hybridized carbons (Fsp3) is 0.0833. The van der Waals surface area contributed by atoms with E-state index < -0.39 is 20.0 Å². The number of primary sulfonamides is 1. The minimum Gasteiger partial charge on any atom is -0.508 e. The number of phenols is 1. The lowest BCUT2D eigenvalue weighted by Crippen LogP contribution is -2.28. The molecule has 4 aromatic rings. The van der Waals surface area contributed by atoms with Crippen LogP contribution in [0.1, 0.15) is 11.1 Å². The number of halogens is 2. The number of phenolic OH excluding ortho intramolecular Hbond substituents is 1. The van der Waals surface area contributed by atoms with E-state index in [1.54, 1.807) is 50.2 Å². The molecule has 3 N–H and O–H groups in total. The van der Waals surface area contributed by atoms with Crippen molar-refractivity contribution in [1.82, 2.24) is 0 Å². The minimum atomic E-state index is -4.53. The predicted molar refractivity (Wildman–Crippen MR) is 139 cm³/mol. The van der Waals surface area contributed by atoms with E-state index in [1.807, 2.05) is 0 Å². The molecule has 182 valence electrons. The second-order valence-corrected chi connectivity index (χ2v) is 12.0. The number of rotatable bonds is 5. The first kappa shape index (κ1) is 25.3. The second kappa shape index (κ2) is 9.00. The lowest BCUT2D eigenvalue weighted by molar-refractivity contribution is 0.476. The Balaban J connectivity index is 2.16. The van der Waals surface area contributed by atoms with Crippen molar-refractivity contribution in [2.24, 2.45) is 5.14 Å². The van der Waals surface area contributed by atoms with E-state index in [0.29, 0.717) is 21.2 Å². The van der Waals surface area contributed by atoms with Gasteiger partial charge in [0.25, 0.3) is 10.0 Å². The smallest absolute Gasteiger partial charge is 0.269 e. The van der Waals surface area contributed by atoms with Gasteiger partial charge in [0.15, 0.2) is 0 Å². The van der Waals surface area contributed by atoms with Crippen molar-refractivity contribution >= 4 is 65.4 Å². The highest BCUT2D eigenvalue weighted by Crippen LogP contribution is 2.42. The molecule has 4 aromatic carbocycles. The van der Waals surface area contributed by atoms with Crippen LogP contribution in [0.15, 0.2) is 76.5 Å². The van der Waals surface area contributed by atoms with Crippen molar-refractivity contribution in [1.29, 1.82) is 0 Å². The first-order valence-electron chi connectivity index (χ1n) is 10.2. The van der Waals surface area contributed by atoms with Crippen LogP contribution in [0.25, 0.3) is 10.8 Å². The minimum absolute atomic E-state index is 0.113. The summed E-state index contributed by atoms with van der Waals surface area (Å²) < 4.78 is 54.3. The summed E-state index contributed by atoms with van der Waals surface area (Å²) in [5.74, 6) is -0.193. The zero-order chi connectivity index (χ0) is 25.7. The third-order valence-electron chi connectivity index (χ3n) is 5.64. The number of nitrogens with zero attached hydrogens (tertiary/aromatic N) is 1. The monoisotopic (exact) mass is 550 g/mol. The van der Waals surface area contributed by atoms with Crippen LogP contribution in [0.4, 0.5) is 11.4 Å². The summed E-state index contributed by atoms with van der Waals surface area (Å²) in [4.78, 5) is -0.756. The van der Waals surface area contributed by atoms with Crippen molar-refractivity contribution < 1.29 is 21.9 Å². The number of fused-ring (bicyclic) bond motifs is 1. The van der Waals surface area contributed by atoms with Gasteiger partial charge < -0.3 is 5.11 Å². The van der Waals surface area contributed by atoms with Gasteiger partial charge in [-0.05, 0) is 78.9 Å². The fourth-order valence-electron chi connectivity index (χ4n) is 3.78. The molecule has 0 spiro atoms. The van der Waals surface area contributed by atoms with Crippen molar-refractivity contribution in [3.05, 3.63) is 87.9 Å². The molecule has 35 heavy (non-hydrogen) atoms. The Kier molecular flexibility index (Phi) is 6.50. The van der Waals surface area contributed by atoms with Gasteiger partial charge in [-0.15, -0.1) is 0 Å². The Morgan fingerprint density at radius 3 is 1.86 bits per heavy atom. The zero-order valence-corrected chi connectivity index (χ0v) is 21.7. The summed E-state index contributed by atoms with van der Waals surface area (Å²) in [6.07, 6.45) is 0. The van der Waals surface area contributed by atoms with E-state index in [9.17, 15) is 21.9 Å². The maximum Gasteiger partial charge on any atom is 0.269 e. The fourth-order valence-corrected chi connectivity index (χ4v) is 6.61. The van der Waals surface area contributed by atoms with Crippen LogP contribution in [0.5, 0.6) is 5.75 Å². The summed E-state index contributed by atoms with van der Waals surface area (Å²) in [6.45, 7) is 3.34. The number of sulfonamides is 2. The van der Waals surface area contributed by atoms with Gasteiger partial charge in [-0.3, -0.25) is 0 Å². The molecule has 7 nitrogen and oxygen atoms in total. The quantitative estimate of drug-likeness (QED) is 0.333. The SMILES string of the molecule is Cc1c(Cl)cccc1N(c1cccc(Cl)c1C)S(=O)(=O)c1cc(S(N)(=O)=O)cc2ccc(O)cc12. The van der Waals surface area contributed by atoms with E-state index in [1.165, 1.54) is 24.3 Å². The molecule has 0 bridgehead atoms. The maximum atomic E-state index is 14.4. The van der Waals surface area contributed by atoms with Gasteiger partial charge in [0.1, 0.15) is 5.75 Å². The third kappa shape index (κ3) is 4.57. The average Bonchev–Trinajstić information content (AvgIpc) is 2.78. The lowest BCUT2D eigenvalue weighted by Gasteiger charge is -2.29. The number of benzene rings is 4. The molecule has 4 rings (SSSR count). The summed E-state index contributed by atoms with van der Waals surface area (Å²) in [5.41, 5.74) is 1.45. The molecule has 0 aliphatic rings. The standard InChI is InChI=1S/C24H20Cl2N2O5S2/c1-14-20(25)5-3-7-22(14)28(23-8-4-6-21(26)15(23)2)35(32,33)24-13-18(34(27,30)31)11-16-9-10-17(29)12-19(16)24/h3-13,29H,1-2H3,(H2,27,30,31). The van der Waals surface area contributed by atoms with Gasteiger partial charge in [-0.25, -0.2) is 26.3 Å². The summed E-state index contributed by atoms with van der Waals surface area (Å²) in [5, 5.41) is 16.5. The lowest BCUT2D eigenvalue weighted by atomic mass is 10.1. The highest BCUT2D eigenvalue weighted by atomic mass is 35.5. The Morgan fingerprint density at radius 1 is 0.800 bits per heavy atom. The topological polar surface area (TPSA) is 118 Å². The molecule has 0 aromatic heterocycles. The number of nitrogens with two attached hydrogens (primary N) is 1. The summed E-state index contributed by atoms with van der Waals surface area (Å²) in [7, 11) is -8.79. The Labute approximate surface area is 213 Å². The molecule has 0 saturated heterocycles. The Hall–Kier alpha value is -2.82. The summed E-state index contributed by atoms with van der Waals surface area (Å²) in [6, 6.07) is 15.9. The maximum absolute atomic E-state index is 14.4. The summed E-state index contributed by atoms with van der Waals surface area (Å²) >= 11 is 12.7. The first-order chi connectivity index (χ1) is 16.3. The van der Waals surface area contributed by atoms with Crippen LogP contribution in [-0.2, 0) is 20.0 Å². The largest absolute Gasteiger partial charge is 0.508 e. The van der Waals surface area contributed by atoms with Gasteiger partial charge in [0.05, 0.1) is 21.2 Å². The first-order valence-corrected chi connectivity index (χ1v) is 13.9. The van der Waals surface area contributed by atoms with Crippen LogP contribution in [0, 0.1) is 13.8 Å². The number of anilines is 2. The third-order valence-corrected chi connectivity index (χ3v) is 9.12. The van der Waals surface area contributed by atoms with E-state index in [2.05, 4.69) is 0 Å². The normalized spacial score (nSPS) is 12.1. The molecule has 0 fully saturated rings. The molecular formula is C24H20Cl2N2O5S2. The van der Waals surface area contributed by atoms with Crippen LogP contribution in [0.2, 0.25) is 10.0 Å².